The van der Waals surface area contributed by atoms with Gasteiger partial charge in [-0.2, -0.15) is 0 Å². The summed E-state index contributed by atoms with van der Waals surface area (Å²) in [7, 11) is -21.2. The molecule has 0 fully saturated rings. The Hall–Kier alpha value is 4.40. The average molecular weight is 612 g/mol. The summed E-state index contributed by atoms with van der Waals surface area (Å²) in [5.41, 5.74) is 10.0. The Labute approximate surface area is 278 Å². The van der Waals surface area contributed by atoms with Gasteiger partial charge in [0, 0.05) is 12.8 Å². The fourth-order valence-corrected chi connectivity index (χ4v) is 6.11. The molecule has 0 aromatic heterocycles. The number of rotatable bonds is 10. The molecule has 25 heteroatoms. The van der Waals surface area contributed by atoms with Crippen molar-refractivity contribution in [1.29, 1.82) is 0 Å². The van der Waals surface area contributed by atoms with E-state index in [0.29, 0.717) is 0 Å². The van der Waals surface area contributed by atoms with Crippen molar-refractivity contribution in [3.05, 3.63) is 0 Å². The Balaban J connectivity index is -0.0000000712. The molecule has 0 unspecified atom stereocenters. The molecule has 0 aliphatic rings. The summed E-state index contributed by atoms with van der Waals surface area (Å²) in [6, 6.07) is 0. The van der Waals surface area contributed by atoms with Crippen LogP contribution in [0.4, 0.5) is 0 Å². The van der Waals surface area contributed by atoms with E-state index in [-0.39, 0.29) is 150 Å². The summed E-state index contributed by atoms with van der Waals surface area (Å²) in [5.74, 6) is 0. The van der Waals surface area contributed by atoms with E-state index in [1.807, 2.05) is 0 Å². The normalized spacial score (nSPS) is 12.2. The number of hydrogen-bond donors (Lipinski definition) is 12. The molecule has 188 valence electrons. The molecule has 0 atom stereocenters. The summed E-state index contributed by atoms with van der Waals surface area (Å²) < 4.78 is 42.9. The van der Waals surface area contributed by atoms with E-state index in [4.69, 9.17) is 50.6 Å². The molecule has 17 nitrogen and oxygen atoms in total. The fourth-order valence-electron chi connectivity index (χ4n) is 1.60. The van der Waals surface area contributed by atoms with Gasteiger partial charge in [0.15, 0.2) is 0 Å². The zero-order chi connectivity index (χ0) is 23.2. The van der Waals surface area contributed by atoms with Crippen LogP contribution in [0.3, 0.4) is 0 Å². The second-order valence-electron chi connectivity index (χ2n) is 5.51. The molecule has 0 saturated heterocycles. The number of hydrogen-bond acceptors (Lipinski definition) is 8. The van der Waals surface area contributed by atoms with Crippen LogP contribution in [0.25, 0.3) is 0 Å². The van der Waals surface area contributed by atoms with Crippen LogP contribution >= 0.6 is 30.4 Å². The van der Waals surface area contributed by atoms with Crippen molar-refractivity contribution in [2.24, 2.45) is 11.5 Å². The van der Waals surface area contributed by atoms with Crippen molar-refractivity contribution in [2.75, 3.05) is 13.1 Å². The first-order valence-corrected chi connectivity index (χ1v) is 13.6. The Bertz CT molecular complexity index is 591. The zero-order valence-corrected chi connectivity index (χ0v) is 18.4. The van der Waals surface area contributed by atoms with Gasteiger partial charge in [-0.15, -0.1) is 0 Å². The van der Waals surface area contributed by atoms with Gasteiger partial charge in [0.1, 0.15) is 0 Å². The van der Waals surface area contributed by atoms with E-state index in [2.05, 4.69) is 0 Å². The number of nitrogens with two attached hydrogens (primary N) is 2. The van der Waals surface area contributed by atoms with E-state index in [0.717, 1.165) is 0 Å². The molecule has 0 bridgehead atoms. The van der Waals surface area contributed by atoms with Gasteiger partial charge in [0.2, 0.25) is 0 Å². The molecular formula is C8H32N2Na4O15P4. The van der Waals surface area contributed by atoms with Gasteiger partial charge < -0.3 is 66.3 Å². The first-order valence-electron chi connectivity index (χ1n) is 7.20. The standard InChI is InChI=1S/2C4H13NO7P2.4Na.H2O.4H/c2*5-3-1-2-4(6,13(7,8)9)14(10,11)12;;;;;;;;;/h2*6H,1-3,5H2,(H2,7,8,9)(H2,10,11,12);;;;;1H2;;;;. The van der Waals surface area contributed by atoms with Crippen LogP contribution in [0.1, 0.15) is 25.7 Å². The molecule has 16 N–H and O–H groups in total. The fraction of sp³-hybridized carbons (Fsp3) is 1.00. The summed E-state index contributed by atoms with van der Waals surface area (Å²) in [6.45, 7) is -0.0788. The summed E-state index contributed by atoms with van der Waals surface area (Å²) >= 11 is 0. The van der Waals surface area contributed by atoms with E-state index in [9.17, 15) is 28.5 Å². The first-order chi connectivity index (χ1) is 12.1. The predicted octanol–water partition coefficient (Wildman–Crippen LogP) is -5.97. The Kier molecular flexibility index (Phi) is 34.4. The minimum atomic E-state index is -5.30. The maximum atomic E-state index is 10.7. The molecule has 0 aromatic rings. The summed E-state index contributed by atoms with van der Waals surface area (Å²) in [6.07, 6.45) is -1.71. The monoisotopic (exact) mass is 612 g/mol. The van der Waals surface area contributed by atoms with Crippen molar-refractivity contribution in [2.45, 2.75) is 35.8 Å². The minimum absolute atomic E-state index is 0. The molecule has 0 saturated carbocycles. The quantitative estimate of drug-likeness (QED) is 0.0807. The topological polar surface area (TPSA) is 354 Å². The Morgan fingerprint density at radius 3 is 0.758 bits per heavy atom. The van der Waals surface area contributed by atoms with Crippen molar-refractivity contribution in [1.82, 2.24) is 0 Å². The second kappa shape index (κ2) is 21.2. The van der Waals surface area contributed by atoms with Crippen molar-refractivity contribution >= 4 is 149 Å². The van der Waals surface area contributed by atoms with Crippen LogP contribution in [0.5, 0.6) is 0 Å². The van der Waals surface area contributed by atoms with E-state index >= 15 is 0 Å². The SMILES string of the molecule is NCCCC(O)(P(=O)(O)O)P(=O)(O)O.NCCCC(O)(P(=O)(O)O)P(=O)(O)O.O.[NaH].[NaH].[NaH].[NaH]. The first kappa shape index (κ1) is 53.6. The van der Waals surface area contributed by atoms with E-state index in [1.165, 1.54) is 0 Å². The van der Waals surface area contributed by atoms with Crippen LogP contribution < -0.4 is 11.5 Å². The molecule has 0 radical (unpaired) electrons. The van der Waals surface area contributed by atoms with E-state index in [1.54, 1.807) is 0 Å². The molecule has 0 rings (SSSR count). The number of aliphatic hydroxyl groups is 2. The van der Waals surface area contributed by atoms with Crippen molar-refractivity contribution < 1.29 is 73.1 Å². The van der Waals surface area contributed by atoms with E-state index < -0.39 is 53.4 Å². The molecule has 0 amide bonds. The van der Waals surface area contributed by atoms with Crippen LogP contribution in [0.2, 0.25) is 0 Å². The van der Waals surface area contributed by atoms with Crippen molar-refractivity contribution in [3.8, 4) is 0 Å². The Morgan fingerprint density at radius 1 is 0.515 bits per heavy atom. The van der Waals surface area contributed by atoms with Crippen LogP contribution in [0.15, 0.2) is 0 Å². The predicted molar refractivity (Wildman–Crippen MR) is 127 cm³/mol. The second-order valence-corrected chi connectivity index (χ2v) is 13.5. The van der Waals surface area contributed by atoms with Gasteiger partial charge in [-0.1, -0.05) is 0 Å². The zero-order valence-electron chi connectivity index (χ0n) is 14.8. The third kappa shape index (κ3) is 17.0. The van der Waals surface area contributed by atoms with Gasteiger partial charge >= 0.3 is 149 Å². The molecule has 33 heavy (non-hydrogen) atoms. The van der Waals surface area contributed by atoms with Gasteiger partial charge in [0.05, 0.1) is 0 Å². The molecular weight excluding hydrogens is 580 g/mol. The van der Waals surface area contributed by atoms with Gasteiger partial charge in [-0.3, -0.25) is 18.3 Å². The van der Waals surface area contributed by atoms with Crippen LogP contribution in [-0.4, -0.2) is 196 Å². The third-order valence-electron chi connectivity index (χ3n) is 3.30. The van der Waals surface area contributed by atoms with Crippen molar-refractivity contribution in [3.63, 3.8) is 0 Å². The average Bonchev–Trinajstić information content (AvgIpc) is 2.46. The summed E-state index contributed by atoms with van der Waals surface area (Å²) in [5, 5.41) is 11.8. The molecule has 0 aromatic carbocycles. The van der Waals surface area contributed by atoms with Crippen LogP contribution in [0, 0.1) is 0 Å². The molecule has 0 heterocycles. The van der Waals surface area contributed by atoms with Gasteiger partial charge in [0.25, 0.3) is 10.2 Å². The van der Waals surface area contributed by atoms with Gasteiger partial charge in [-0.05, 0) is 25.9 Å². The molecule has 0 aliphatic heterocycles. The molecule has 0 spiro atoms. The third-order valence-corrected chi connectivity index (χ3v) is 11.1. The molecule has 0 aliphatic carbocycles. The van der Waals surface area contributed by atoms with Gasteiger partial charge in [-0.25, -0.2) is 0 Å². The van der Waals surface area contributed by atoms with Crippen LogP contribution in [-0.2, 0) is 18.3 Å². The summed E-state index contributed by atoms with van der Waals surface area (Å²) in [4.78, 5) is 69.0. The Morgan fingerprint density at radius 2 is 0.667 bits per heavy atom. The maximum absolute atomic E-state index is 10.7.